The molecule has 0 saturated heterocycles. The average Bonchev–Trinajstić information content (AvgIpc) is 2.54. The summed E-state index contributed by atoms with van der Waals surface area (Å²) in [6.45, 7) is -0.161. The third-order valence-corrected chi connectivity index (χ3v) is 3.11. The first kappa shape index (κ1) is 16.0. The van der Waals surface area contributed by atoms with Crippen molar-refractivity contribution < 1.29 is 14.3 Å². The van der Waals surface area contributed by atoms with Gasteiger partial charge in [-0.2, -0.15) is 0 Å². The lowest BCUT2D eigenvalue weighted by Gasteiger charge is -2.08. The predicted octanol–water partition coefficient (Wildman–Crippen LogP) is 2.50. The second-order valence-corrected chi connectivity index (χ2v) is 4.93. The van der Waals surface area contributed by atoms with Crippen LogP contribution in [0.15, 0.2) is 48.5 Å². The molecule has 0 spiro atoms. The molecule has 1 amide bonds. The van der Waals surface area contributed by atoms with Gasteiger partial charge in [0.05, 0.1) is 6.54 Å². The molecule has 6 heteroatoms. The summed E-state index contributed by atoms with van der Waals surface area (Å²) in [5.41, 5.74) is 6.38. The van der Waals surface area contributed by atoms with Crippen LogP contribution in [0.5, 0.6) is 5.75 Å². The molecule has 0 heterocycles. The van der Waals surface area contributed by atoms with Crippen LogP contribution in [0.3, 0.4) is 0 Å². The van der Waals surface area contributed by atoms with E-state index in [1.54, 1.807) is 48.5 Å². The standard InChI is InChI=1S/C16H15ClN2O3/c17-12-3-7-14(8-4-12)22-10-16(21)19-13-5-1-11(2-6-13)15(20)9-18/h1-8H,9-10,18H2,(H,19,21). The van der Waals surface area contributed by atoms with Gasteiger partial charge in [-0.15, -0.1) is 0 Å². The highest BCUT2D eigenvalue weighted by Gasteiger charge is 2.06. The number of halogens is 1. The molecular weight excluding hydrogens is 304 g/mol. The molecule has 2 aromatic rings. The number of hydrogen-bond donors (Lipinski definition) is 2. The number of nitrogens with two attached hydrogens (primary N) is 1. The number of anilines is 1. The van der Waals surface area contributed by atoms with Crippen LogP contribution in [0.25, 0.3) is 0 Å². The SMILES string of the molecule is NCC(=O)c1ccc(NC(=O)COc2ccc(Cl)cc2)cc1. The molecule has 0 aliphatic rings. The lowest BCUT2D eigenvalue weighted by molar-refractivity contribution is -0.118. The maximum atomic E-state index is 11.8. The summed E-state index contributed by atoms with van der Waals surface area (Å²) in [6.07, 6.45) is 0. The Morgan fingerprint density at radius 2 is 1.68 bits per heavy atom. The van der Waals surface area contributed by atoms with Crippen LogP contribution >= 0.6 is 11.6 Å². The van der Waals surface area contributed by atoms with Gasteiger partial charge in [-0.1, -0.05) is 11.6 Å². The van der Waals surface area contributed by atoms with E-state index in [2.05, 4.69) is 5.32 Å². The maximum Gasteiger partial charge on any atom is 0.262 e. The molecular formula is C16H15ClN2O3. The molecule has 22 heavy (non-hydrogen) atoms. The Kier molecular flexibility index (Phi) is 5.52. The number of carbonyl (C=O) groups excluding carboxylic acids is 2. The summed E-state index contributed by atoms with van der Waals surface area (Å²) in [4.78, 5) is 23.2. The lowest BCUT2D eigenvalue weighted by Crippen LogP contribution is -2.20. The van der Waals surface area contributed by atoms with E-state index in [-0.39, 0.29) is 24.8 Å². The van der Waals surface area contributed by atoms with Gasteiger partial charge in [0.1, 0.15) is 5.75 Å². The van der Waals surface area contributed by atoms with Gasteiger partial charge in [-0.25, -0.2) is 0 Å². The smallest absolute Gasteiger partial charge is 0.262 e. The van der Waals surface area contributed by atoms with E-state index in [9.17, 15) is 9.59 Å². The first-order valence-electron chi connectivity index (χ1n) is 6.60. The fourth-order valence-electron chi connectivity index (χ4n) is 1.73. The first-order chi connectivity index (χ1) is 10.6. The zero-order valence-corrected chi connectivity index (χ0v) is 12.5. The summed E-state index contributed by atoms with van der Waals surface area (Å²) in [5.74, 6) is 0.111. The van der Waals surface area contributed by atoms with Gasteiger partial charge in [0, 0.05) is 16.3 Å². The Balaban J connectivity index is 1.86. The molecule has 0 aliphatic carbocycles. The number of amides is 1. The third-order valence-electron chi connectivity index (χ3n) is 2.86. The van der Waals surface area contributed by atoms with Crippen LogP contribution in [-0.2, 0) is 4.79 Å². The fraction of sp³-hybridized carbons (Fsp3) is 0.125. The number of benzene rings is 2. The van der Waals surface area contributed by atoms with Crippen molar-refractivity contribution in [3.63, 3.8) is 0 Å². The van der Waals surface area contributed by atoms with Crippen LogP contribution in [0.1, 0.15) is 10.4 Å². The van der Waals surface area contributed by atoms with Crippen LogP contribution in [0.2, 0.25) is 5.02 Å². The van der Waals surface area contributed by atoms with Gasteiger partial charge < -0.3 is 15.8 Å². The van der Waals surface area contributed by atoms with Crippen molar-refractivity contribution in [3.8, 4) is 5.75 Å². The van der Waals surface area contributed by atoms with E-state index >= 15 is 0 Å². The zero-order chi connectivity index (χ0) is 15.9. The van der Waals surface area contributed by atoms with Crippen LogP contribution in [-0.4, -0.2) is 24.8 Å². The first-order valence-corrected chi connectivity index (χ1v) is 6.98. The van der Waals surface area contributed by atoms with Crippen molar-refractivity contribution >= 4 is 29.0 Å². The van der Waals surface area contributed by atoms with E-state index in [0.29, 0.717) is 22.0 Å². The second kappa shape index (κ2) is 7.59. The number of ketones is 1. The number of carbonyl (C=O) groups is 2. The minimum absolute atomic E-state index is 0.0410. The Labute approximate surface area is 133 Å². The zero-order valence-electron chi connectivity index (χ0n) is 11.7. The van der Waals surface area contributed by atoms with Gasteiger partial charge in [0.15, 0.2) is 12.4 Å². The Morgan fingerprint density at radius 1 is 1.05 bits per heavy atom. The third kappa shape index (κ3) is 4.58. The Bertz CT molecular complexity index is 654. The molecule has 0 bridgehead atoms. The predicted molar refractivity (Wildman–Crippen MR) is 85.4 cm³/mol. The number of rotatable bonds is 6. The Morgan fingerprint density at radius 3 is 2.27 bits per heavy atom. The molecule has 0 atom stereocenters. The molecule has 0 aromatic heterocycles. The number of nitrogens with one attached hydrogen (secondary N) is 1. The van der Waals surface area contributed by atoms with Crippen molar-refractivity contribution in [3.05, 3.63) is 59.1 Å². The lowest BCUT2D eigenvalue weighted by atomic mass is 10.1. The van der Waals surface area contributed by atoms with Crippen molar-refractivity contribution in [1.82, 2.24) is 0 Å². The minimum atomic E-state index is -0.298. The van der Waals surface area contributed by atoms with Gasteiger partial charge in [-0.05, 0) is 48.5 Å². The van der Waals surface area contributed by atoms with E-state index in [1.807, 2.05) is 0 Å². The molecule has 5 nitrogen and oxygen atoms in total. The second-order valence-electron chi connectivity index (χ2n) is 4.50. The minimum Gasteiger partial charge on any atom is -0.484 e. The average molecular weight is 319 g/mol. The van der Waals surface area contributed by atoms with Crippen LogP contribution < -0.4 is 15.8 Å². The van der Waals surface area contributed by atoms with Crippen molar-refractivity contribution in [2.45, 2.75) is 0 Å². The summed E-state index contributed by atoms with van der Waals surface area (Å²) in [7, 11) is 0. The summed E-state index contributed by atoms with van der Waals surface area (Å²) < 4.78 is 5.33. The maximum absolute atomic E-state index is 11.8. The quantitative estimate of drug-likeness (QED) is 0.802. The molecule has 0 saturated carbocycles. The van der Waals surface area contributed by atoms with Gasteiger partial charge in [-0.3, -0.25) is 9.59 Å². The van der Waals surface area contributed by atoms with Gasteiger partial charge in [0.25, 0.3) is 5.91 Å². The highest BCUT2D eigenvalue weighted by atomic mass is 35.5. The summed E-state index contributed by atoms with van der Waals surface area (Å²) >= 11 is 5.76. The normalized spacial score (nSPS) is 10.1. The van der Waals surface area contributed by atoms with E-state index in [0.717, 1.165) is 0 Å². The Hall–Kier alpha value is -2.37. The largest absolute Gasteiger partial charge is 0.484 e. The molecule has 2 rings (SSSR count). The van der Waals surface area contributed by atoms with E-state index in [1.165, 1.54) is 0 Å². The number of hydrogen-bond acceptors (Lipinski definition) is 4. The molecule has 0 aliphatic heterocycles. The highest BCUT2D eigenvalue weighted by molar-refractivity contribution is 6.30. The summed E-state index contributed by atoms with van der Waals surface area (Å²) in [5, 5.41) is 3.28. The number of Topliss-reactive ketones (excluding diaryl/α,β-unsaturated/α-hetero) is 1. The van der Waals surface area contributed by atoms with Crippen LogP contribution in [0, 0.1) is 0 Å². The van der Waals surface area contributed by atoms with E-state index in [4.69, 9.17) is 22.1 Å². The van der Waals surface area contributed by atoms with Crippen molar-refractivity contribution in [2.75, 3.05) is 18.5 Å². The topological polar surface area (TPSA) is 81.4 Å². The number of ether oxygens (including phenoxy) is 1. The van der Waals surface area contributed by atoms with Crippen molar-refractivity contribution in [1.29, 1.82) is 0 Å². The van der Waals surface area contributed by atoms with Gasteiger partial charge >= 0.3 is 0 Å². The van der Waals surface area contributed by atoms with Gasteiger partial charge in [0.2, 0.25) is 0 Å². The molecule has 2 aromatic carbocycles. The van der Waals surface area contributed by atoms with E-state index < -0.39 is 0 Å². The molecule has 0 fully saturated rings. The molecule has 114 valence electrons. The highest BCUT2D eigenvalue weighted by Crippen LogP contribution is 2.15. The van der Waals surface area contributed by atoms with Crippen molar-refractivity contribution in [2.24, 2.45) is 5.73 Å². The van der Waals surface area contributed by atoms with Crippen LogP contribution in [0.4, 0.5) is 5.69 Å². The monoisotopic (exact) mass is 318 g/mol. The molecule has 3 N–H and O–H groups in total. The molecule has 0 radical (unpaired) electrons. The molecule has 0 unspecified atom stereocenters. The summed E-state index contributed by atoms with van der Waals surface area (Å²) in [6, 6.07) is 13.2. The fourth-order valence-corrected chi connectivity index (χ4v) is 1.86.